The maximum absolute atomic E-state index is 12.6. The molecule has 0 fully saturated rings. The molecule has 2 aromatic heterocycles. The lowest BCUT2D eigenvalue weighted by Crippen LogP contribution is -2.24. The van der Waals surface area contributed by atoms with Crippen molar-refractivity contribution >= 4 is 55.6 Å². The summed E-state index contributed by atoms with van der Waals surface area (Å²) in [6, 6.07) is 10.2. The van der Waals surface area contributed by atoms with Crippen molar-refractivity contribution in [3.8, 4) is 5.75 Å². The molecule has 4 rings (SSSR count). The molecule has 0 bridgehead atoms. The molecule has 3 N–H and O–H groups in total. The zero-order valence-corrected chi connectivity index (χ0v) is 19.4. The van der Waals surface area contributed by atoms with Crippen molar-refractivity contribution in [3.05, 3.63) is 73.8 Å². The molecule has 0 saturated heterocycles. The average molecular weight is 506 g/mol. The second-order valence-electron chi connectivity index (χ2n) is 6.86. The molecule has 0 spiro atoms. The van der Waals surface area contributed by atoms with Gasteiger partial charge < -0.3 is 10.1 Å². The number of hydrogen-bond donors (Lipinski definition) is 2. The molecule has 13 heteroatoms. The number of aromatic nitrogens is 3. The topological polar surface area (TPSA) is 146 Å². The highest BCUT2D eigenvalue weighted by Gasteiger charge is 2.12. The number of ether oxygens (including phenoxy) is 1. The van der Waals surface area contributed by atoms with Crippen molar-refractivity contribution in [1.29, 1.82) is 0 Å². The van der Waals surface area contributed by atoms with Crippen LogP contribution in [-0.2, 0) is 14.8 Å². The summed E-state index contributed by atoms with van der Waals surface area (Å²) in [5.41, 5.74) is 0.563. The minimum atomic E-state index is -3.82. The Morgan fingerprint density at radius 3 is 2.67 bits per heavy atom. The quantitative estimate of drug-likeness (QED) is 0.402. The molecule has 2 aromatic carbocycles. The number of aryl methyl sites for hydroxylation is 1. The number of benzene rings is 2. The molecule has 0 atom stereocenters. The number of hydrogen-bond acceptors (Lipinski definition) is 8. The standard InChI is InChI=1S/C20H16ClN5O5S2/c1-11-23-20-26(25-11)19(28)17(32-20)9-12-8-13(21)2-7-16(12)31-10-18(27)24-14-3-5-15(6-4-14)33(22,29)30/h2-9H,10H2,1H3,(H,24,27)(H2,22,29,30)/b17-9-. The van der Waals surface area contributed by atoms with Crippen LogP contribution in [0.25, 0.3) is 11.0 Å². The summed E-state index contributed by atoms with van der Waals surface area (Å²) in [6.45, 7) is 1.36. The zero-order chi connectivity index (χ0) is 23.8. The van der Waals surface area contributed by atoms with Crippen molar-refractivity contribution < 1.29 is 17.9 Å². The van der Waals surface area contributed by atoms with E-state index in [-0.39, 0.29) is 17.1 Å². The Hall–Kier alpha value is -3.32. The molecule has 1 amide bonds. The summed E-state index contributed by atoms with van der Waals surface area (Å²) < 4.78 is 29.9. The van der Waals surface area contributed by atoms with E-state index in [9.17, 15) is 18.0 Å². The first-order valence-corrected chi connectivity index (χ1v) is 12.1. The van der Waals surface area contributed by atoms with Crippen LogP contribution in [0.1, 0.15) is 11.4 Å². The van der Waals surface area contributed by atoms with E-state index < -0.39 is 15.9 Å². The van der Waals surface area contributed by atoms with E-state index in [0.717, 1.165) is 0 Å². The van der Waals surface area contributed by atoms with Gasteiger partial charge in [0.2, 0.25) is 15.0 Å². The number of halogens is 1. The van der Waals surface area contributed by atoms with E-state index in [4.69, 9.17) is 21.5 Å². The Bertz CT molecular complexity index is 1580. The third kappa shape index (κ3) is 5.20. The van der Waals surface area contributed by atoms with Crippen LogP contribution >= 0.6 is 22.9 Å². The van der Waals surface area contributed by atoms with E-state index >= 15 is 0 Å². The van der Waals surface area contributed by atoms with Gasteiger partial charge in [-0.2, -0.15) is 4.52 Å². The minimum Gasteiger partial charge on any atom is -0.483 e. The van der Waals surface area contributed by atoms with Crippen LogP contribution < -0.4 is 25.3 Å². The number of carbonyl (C=O) groups is 1. The summed E-state index contributed by atoms with van der Waals surface area (Å²) >= 11 is 7.28. The van der Waals surface area contributed by atoms with Gasteiger partial charge >= 0.3 is 0 Å². The van der Waals surface area contributed by atoms with Gasteiger partial charge in [-0.25, -0.2) is 18.5 Å². The molecule has 4 aromatic rings. The fourth-order valence-electron chi connectivity index (χ4n) is 2.90. The lowest BCUT2D eigenvalue weighted by atomic mass is 10.2. The second-order valence-corrected chi connectivity index (χ2v) is 9.86. The van der Waals surface area contributed by atoms with Gasteiger partial charge in [-0.1, -0.05) is 22.9 Å². The van der Waals surface area contributed by atoms with Crippen LogP contribution in [0.4, 0.5) is 5.69 Å². The van der Waals surface area contributed by atoms with Gasteiger partial charge in [-0.05, 0) is 55.5 Å². The van der Waals surface area contributed by atoms with Gasteiger partial charge in [-0.3, -0.25) is 9.59 Å². The summed E-state index contributed by atoms with van der Waals surface area (Å²) in [4.78, 5) is 29.4. The number of anilines is 1. The van der Waals surface area contributed by atoms with Crippen LogP contribution in [0.3, 0.4) is 0 Å². The lowest BCUT2D eigenvalue weighted by molar-refractivity contribution is -0.118. The van der Waals surface area contributed by atoms with E-state index in [1.54, 1.807) is 31.2 Å². The van der Waals surface area contributed by atoms with Crippen LogP contribution in [0.5, 0.6) is 5.75 Å². The van der Waals surface area contributed by atoms with E-state index in [2.05, 4.69) is 15.4 Å². The Balaban J connectivity index is 1.52. The molecule has 33 heavy (non-hydrogen) atoms. The summed E-state index contributed by atoms with van der Waals surface area (Å²) in [7, 11) is -3.82. The van der Waals surface area contributed by atoms with Crippen molar-refractivity contribution in [1.82, 2.24) is 14.6 Å². The molecule has 170 valence electrons. The van der Waals surface area contributed by atoms with Crippen LogP contribution in [-0.4, -0.2) is 35.5 Å². The summed E-state index contributed by atoms with van der Waals surface area (Å²) in [6.07, 6.45) is 1.60. The predicted molar refractivity (Wildman–Crippen MR) is 124 cm³/mol. The van der Waals surface area contributed by atoms with E-state index in [1.165, 1.54) is 40.1 Å². The number of amides is 1. The fourth-order valence-corrected chi connectivity index (χ4v) is 4.54. The monoisotopic (exact) mass is 505 g/mol. The molecule has 0 unspecified atom stereocenters. The van der Waals surface area contributed by atoms with Crippen LogP contribution in [0, 0.1) is 6.92 Å². The molecular weight excluding hydrogens is 490 g/mol. The molecular formula is C20H16ClN5O5S2. The van der Waals surface area contributed by atoms with Crippen LogP contribution in [0.15, 0.2) is 52.2 Å². The lowest BCUT2D eigenvalue weighted by Gasteiger charge is -2.10. The van der Waals surface area contributed by atoms with Gasteiger partial charge in [-0.15, -0.1) is 5.10 Å². The Labute approximate surface area is 196 Å². The number of fused-ring (bicyclic) bond motifs is 1. The maximum atomic E-state index is 12.6. The van der Waals surface area contributed by atoms with Crippen LogP contribution in [0.2, 0.25) is 5.02 Å². The third-order valence-corrected chi connectivity index (χ3v) is 6.50. The molecule has 0 aliphatic rings. The fraction of sp³-hybridized carbons (Fsp3) is 0.100. The van der Waals surface area contributed by atoms with Gasteiger partial charge in [0.25, 0.3) is 11.5 Å². The van der Waals surface area contributed by atoms with Gasteiger partial charge in [0.15, 0.2) is 6.61 Å². The second kappa shape index (κ2) is 8.90. The van der Waals surface area contributed by atoms with Gasteiger partial charge in [0.1, 0.15) is 11.6 Å². The maximum Gasteiger partial charge on any atom is 0.291 e. The number of nitrogens with two attached hydrogens (primary N) is 1. The molecule has 0 saturated carbocycles. The van der Waals surface area contributed by atoms with Gasteiger partial charge in [0.05, 0.1) is 9.43 Å². The third-order valence-electron chi connectivity index (χ3n) is 4.37. The highest BCUT2D eigenvalue weighted by molar-refractivity contribution is 7.89. The number of nitrogens with one attached hydrogen (secondary N) is 1. The Morgan fingerprint density at radius 1 is 1.27 bits per heavy atom. The first-order chi connectivity index (χ1) is 15.6. The summed E-state index contributed by atoms with van der Waals surface area (Å²) in [5, 5.41) is 12.1. The zero-order valence-electron chi connectivity index (χ0n) is 17.0. The largest absolute Gasteiger partial charge is 0.483 e. The molecule has 2 heterocycles. The first kappa shape index (κ1) is 22.9. The highest BCUT2D eigenvalue weighted by atomic mass is 35.5. The normalized spacial score (nSPS) is 12.3. The number of rotatable bonds is 6. The van der Waals surface area contributed by atoms with Crippen molar-refractivity contribution in [2.75, 3.05) is 11.9 Å². The molecule has 0 aliphatic carbocycles. The number of nitrogens with zero attached hydrogens (tertiary/aromatic N) is 3. The summed E-state index contributed by atoms with van der Waals surface area (Å²) in [5.74, 6) is 0.369. The van der Waals surface area contributed by atoms with Crippen molar-refractivity contribution in [2.45, 2.75) is 11.8 Å². The number of thiazole rings is 1. The predicted octanol–water partition coefficient (Wildman–Crippen LogP) is 1.33. The van der Waals surface area contributed by atoms with E-state index in [0.29, 0.717) is 37.3 Å². The van der Waals surface area contributed by atoms with Crippen molar-refractivity contribution in [2.24, 2.45) is 5.14 Å². The van der Waals surface area contributed by atoms with Gasteiger partial charge in [0, 0.05) is 16.3 Å². The SMILES string of the molecule is Cc1nc2s/c(=C\c3cc(Cl)ccc3OCC(=O)Nc3ccc(S(N)(=O)=O)cc3)c(=O)n2n1. The number of sulfonamides is 1. The molecule has 0 radical (unpaired) electrons. The number of carbonyl (C=O) groups excluding carboxylic acids is 1. The molecule has 0 aliphatic heterocycles. The molecule has 10 nitrogen and oxygen atoms in total. The average Bonchev–Trinajstić information content (AvgIpc) is 3.24. The van der Waals surface area contributed by atoms with E-state index in [1.807, 2.05) is 0 Å². The van der Waals surface area contributed by atoms with Crippen molar-refractivity contribution in [3.63, 3.8) is 0 Å². The minimum absolute atomic E-state index is 0.0674. The Morgan fingerprint density at radius 2 is 2.00 bits per heavy atom. The number of primary sulfonamides is 1. The first-order valence-electron chi connectivity index (χ1n) is 9.33. The Kier molecular flexibility index (Phi) is 6.17. The highest BCUT2D eigenvalue weighted by Crippen LogP contribution is 2.24. The smallest absolute Gasteiger partial charge is 0.291 e.